The summed E-state index contributed by atoms with van der Waals surface area (Å²) in [6.07, 6.45) is 3.56. The van der Waals surface area contributed by atoms with E-state index in [-0.39, 0.29) is 0 Å². The second-order valence-electron chi connectivity index (χ2n) is 5.39. The van der Waals surface area contributed by atoms with Crippen molar-refractivity contribution in [3.05, 3.63) is 70.6 Å². The summed E-state index contributed by atoms with van der Waals surface area (Å²) in [6.45, 7) is 0. The van der Waals surface area contributed by atoms with E-state index in [9.17, 15) is 0 Å². The molecule has 0 amide bonds. The summed E-state index contributed by atoms with van der Waals surface area (Å²) < 4.78 is 6.52. The maximum absolute atomic E-state index is 5.44. The highest BCUT2D eigenvalue weighted by atomic mass is 79.9. The van der Waals surface area contributed by atoms with Gasteiger partial charge >= 0.3 is 0 Å². The average Bonchev–Trinajstić information content (AvgIpc) is 3.20. The fourth-order valence-corrected chi connectivity index (χ4v) is 2.88. The van der Waals surface area contributed by atoms with E-state index in [2.05, 4.69) is 43.2 Å². The molecule has 0 spiro atoms. The largest absolute Gasteiger partial charge is 0.360 e. The molecule has 0 aliphatic carbocycles. The van der Waals surface area contributed by atoms with E-state index in [4.69, 9.17) is 4.52 Å². The molecule has 4 nitrogen and oxygen atoms in total. The molecule has 0 fully saturated rings. The summed E-state index contributed by atoms with van der Waals surface area (Å²) in [4.78, 5) is 7.76. The van der Waals surface area contributed by atoms with Gasteiger partial charge in [0.1, 0.15) is 0 Å². The molecule has 23 heavy (non-hydrogen) atoms. The Kier molecular flexibility index (Phi) is 3.71. The lowest BCUT2D eigenvalue weighted by molar-refractivity contribution is 0.422. The Bertz CT molecular complexity index is 940. The molecule has 4 aromatic rings. The van der Waals surface area contributed by atoms with Crippen molar-refractivity contribution < 1.29 is 4.52 Å². The highest BCUT2D eigenvalue weighted by molar-refractivity contribution is 9.10. The van der Waals surface area contributed by atoms with Gasteiger partial charge in [0.15, 0.2) is 5.82 Å². The molecule has 0 saturated heterocycles. The lowest BCUT2D eigenvalue weighted by Gasteiger charge is -1.98. The molecule has 1 N–H and O–H groups in total. The van der Waals surface area contributed by atoms with Gasteiger partial charge in [0.25, 0.3) is 5.89 Å². The number of fused-ring (bicyclic) bond motifs is 1. The number of aromatic nitrogens is 3. The molecule has 0 atom stereocenters. The van der Waals surface area contributed by atoms with Gasteiger partial charge in [-0.3, -0.25) is 0 Å². The molecule has 0 saturated carbocycles. The quantitative estimate of drug-likeness (QED) is 0.565. The fourth-order valence-electron chi connectivity index (χ4n) is 2.62. The maximum atomic E-state index is 5.44. The molecule has 2 aromatic carbocycles. The van der Waals surface area contributed by atoms with Gasteiger partial charge in [-0.15, -0.1) is 0 Å². The van der Waals surface area contributed by atoms with Gasteiger partial charge in [0.05, 0.1) is 5.56 Å². The van der Waals surface area contributed by atoms with Crippen molar-refractivity contribution in [1.29, 1.82) is 0 Å². The summed E-state index contributed by atoms with van der Waals surface area (Å²) in [5.41, 5.74) is 3.27. The zero-order valence-electron chi connectivity index (χ0n) is 12.3. The van der Waals surface area contributed by atoms with Crippen LogP contribution in [-0.2, 0) is 12.8 Å². The normalized spacial score (nSPS) is 11.2. The van der Waals surface area contributed by atoms with Gasteiger partial charge in [-0.2, -0.15) is 4.98 Å². The van der Waals surface area contributed by atoms with E-state index in [0.29, 0.717) is 5.89 Å². The first kappa shape index (κ1) is 14.2. The van der Waals surface area contributed by atoms with Gasteiger partial charge < -0.3 is 9.51 Å². The Hall–Kier alpha value is -2.40. The Balaban J connectivity index is 1.53. The summed E-state index contributed by atoms with van der Waals surface area (Å²) in [6, 6.07) is 16.4. The number of hydrogen-bond acceptors (Lipinski definition) is 3. The van der Waals surface area contributed by atoms with E-state index in [1.807, 2.05) is 42.6 Å². The van der Waals surface area contributed by atoms with Crippen molar-refractivity contribution in [3.8, 4) is 11.5 Å². The minimum absolute atomic E-state index is 0.563. The van der Waals surface area contributed by atoms with Crippen LogP contribution in [0.25, 0.3) is 22.4 Å². The monoisotopic (exact) mass is 367 g/mol. The predicted octanol–water partition coefficient (Wildman–Crippen LogP) is 4.77. The van der Waals surface area contributed by atoms with E-state index >= 15 is 0 Å². The van der Waals surface area contributed by atoms with Crippen LogP contribution >= 0.6 is 15.9 Å². The van der Waals surface area contributed by atoms with Crippen LogP contribution in [0, 0.1) is 0 Å². The lowest BCUT2D eigenvalue weighted by Crippen LogP contribution is -1.93. The average molecular weight is 368 g/mol. The molecule has 5 heteroatoms. The first-order chi connectivity index (χ1) is 11.3. The Morgan fingerprint density at radius 2 is 1.83 bits per heavy atom. The number of aryl methyl sites for hydroxylation is 2. The molecule has 4 rings (SSSR count). The maximum Gasteiger partial charge on any atom is 0.260 e. The molecule has 0 aliphatic heterocycles. The second-order valence-corrected chi connectivity index (χ2v) is 6.31. The van der Waals surface area contributed by atoms with E-state index < -0.39 is 0 Å². The summed E-state index contributed by atoms with van der Waals surface area (Å²) >= 11 is 3.44. The Morgan fingerprint density at radius 3 is 2.70 bits per heavy atom. The van der Waals surface area contributed by atoms with Gasteiger partial charge in [-0.05, 0) is 30.2 Å². The van der Waals surface area contributed by atoms with Crippen LogP contribution in [-0.4, -0.2) is 15.1 Å². The number of halogens is 1. The third-order valence-corrected chi connectivity index (χ3v) is 4.37. The first-order valence-corrected chi connectivity index (χ1v) is 8.22. The number of nitrogens with one attached hydrogen (secondary N) is 1. The molecule has 2 heterocycles. The molecule has 0 unspecified atom stereocenters. The van der Waals surface area contributed by atoms with Crippen molar-refractivity contribution in [2.45, 2.75) is 12.8 Å². The number of hydrogen-bond donors (Lipinski definition) is 1. The highest BCUT2D eigenvalue weighted by Crippen LogP contribution is 2.27. The SMILES string of the molecule is Brc1ccc(CCc2noc(-c3c[nH]c4ccccc34)n2)cc1. The first-order valence-electron chi connectivity index (χ1n) is 7.43. The Labute approximate surface area is 141 Å². The van der Waals surface area contributed by atoms with Crippen LogP contribution < -0.4 is 0 Å². The van der Waals surface area contributed by atoms with Crippen molar-refractivity contribution in [2.24, 2.45) is 0 Å². The molecule has 0 radical (unpaired) electrons. The van der Waals surface area contributed by atoms with Crippen LogP contribution in [0.15, 0.2) is 63.7 Å². The smallest absolute Gasteiger partial charge is 0.260 e. The molecule has 2 aromatic heterocycles. The minimum atomic E-state index is 0.563. The number of para-hydroxylation sites is 1. The minimum Gasteiger partial charge on any atom is -0.360 e. The van der Waals surface area contributed by atoms with Crippen molar-refractivity contribution in [3.63, 3.8) is 0 Å². The second kappa shape index (κ2) is 6.01. The van der Waals surface area contributed by atoms with Crippen LogP contribution in [0.4, 0.5) is 0 Å². The number of nitrogens with zero attached hydrogens (tertiary/aromatic N) is 2. The van der Waals surface area contributed by atoms with Crippen LogP contribution in [0.3, 0.4) is 0 Å². The predicted molar refractivity (Wildman–Crippen MR) is 93.1 cm³/mol. The van der Waals surface area contributed by atoms with E-state index in [0.717, 1.165) is 39.6 Å². The molecule has 0 bridgehead atoms. The summed E-state index contributed by atoms with van der Waals surface area (Å²) in [5, 5.41) is 5.20. The van der Waals surface area contributed by atoms with Crippen molar-refractivity contribution >= 4 is 26.8 Å². The Morgan fingerprint density at radius 1 is 1.00 bits per heavy atom. The third-order valence-electron chi connectivity index (χ3n) is 3.84. The fraction of sp³-hybridized carbons (Fsp3) is 0.111. The number of aromatic amines is 1. The lowest BCUT2D eigenvalue weighted by atomic mass is 10.1. The summed E-state index contributed by atoms with van der Waals surface area (Å²) in [5.74, 6) is 1.29. The number of rotatable bonds is 4. The third kappa shape index (κ3) is 2.92. The van der Waals surface area contributed by atoms with Crippen LogP contribution in [0.5, 0.6) is 0 Å². The molecular formula is C18H14BrN3O. The van der Waals surface area contributed by atoms with Crippen LogP contribution in [0.1, 0.15) is 11.4 Å². The molecule has 0 aliphatic rings. The molecular weight excluding hydrogens is 354 g/mol. The van der Waals surface area contributed by atoms with E-state index in [1.54, 1.807) is 0 Å². The highest BCUT2D eigenvalue weighted by Gasteiger charge is 2.13. The standard InChI is InChI=1S/C18H14BrN3O/c19-13-8-5-12(6-9-13)7-10-17-21-18(23-22-17)15-11-20-16-4-2-1-3-14(15)16/h1-6,8-9,11,20H,7,10H2. The van der Waals surface area contributed by atoms with Gasteiger partial charge in [0.2, 0.25) is 0 Å². The molecule has 114 valence electrons. The number of H-pyrrole nitrogens is 1. The summed E-state index contributed by atoms with van der Waals surface area (Å²) in [7, 11) is 0. The van der Waals surface area contributed by atoms with Crippen LogP contribution in [0.2, 0.25) is 0 Å². The van der Waals surface area contributed by atoms with E-state index in [1.165, 1.54) is 5.56 Å². The van der Waals surface area contributed by atoms with Gasteiger partial charge in [-0.25, -0.2) is 0 Å². The number of benzene rings is 2. The van der Waals surface area contributed by atoms with Gasteiger partial charge in [0, 0.05) is 28.0 Å². The topological polar surface area (TPSA) is 54.7 Å². The zero-order valence-corrected chi connectivity index (χ0v) is 13.9. The van der Waals surface area contributed by atoms with Crippen molar-refractivity contribution in [1.82, 2.24) is 15.1 Å². The zero-order chi connectivity index (χ0) is 15.6. The van der Waals surface area contributed by atoms with Gasteiger partial charge in [-0.1, -0.05) is 51.4 Å². The van der Waals surface area contributed by atoms with Crippen molar-refractivity contribution in [2.75, 3.05) is 0 Å².